The maximum absolute atomic E-state index is 11.9. The molecule has 1 rings (SSSR count). The van der Waals surface area contributed by atoms with Gasteiger partial charge in [-0.15, -0.1) is 0 Å². The number of Topliss-reactive ketones (excluding diaryl/α,β-unsaturated/α-hetero) is 2. The normalized spacial score (nSPS) is 10.4. The van der Waals surface area contributed by atoms with E-state index in [9.17, 15) is 18.4 Å². The van der Waals surface area contributed by atoms with Crippen LogP contribution in [0, 0.1) is 3.57 Å². The summed E-state index contributed by atoms with van der Waals surface area (Å²) in [4.78, 5) is 21.9. The van der Waals surface area contributed by atoms with Gasteiger partial charge in [0.05, 0.1) is 6.42 Å². The highest BCUT2D eigenvalue weighted by Gasteiger charge is 2.19. The minimum absolute atomic E-state index is 0.282. The third-order valence-electron chi connectivity index (χ3n) is 1.74. The number of carbonyl (C=O) groups excluding carboxylic acids is 2. The summed E-state index contributed by atoms with van der Waals surface area (Å²) >= 11 is 2.06. The molecule has 0 spiro atoms. The van der Waals surface area contributed by atoms with E-state index in [1.807, 2.05) is 0 Å². The van der Waals surface area contributed by atoms with Gasteiger partial charge in [0, 0.05) is 9.13 Å². The zero-order chi connectivity index (χ0) is 11.4. The van der Waals surface area contributed by atoms with Crippen molar-refractivity contribution in [3.8, 4) is 0 Å². The molecule has 0 saturated carbocycles. The van der Waals surface area contributed by atoms with Crippen molar-refractivity contribution in [2.45, 2.75) is 12.8 Å². The molecule has 0 atom stereocenters. The van der Waals surface area contributed by atoms with Gasteiger partial charge in [0.2, 0.25) is 5.78 Å². The Kier molecular flexibility index (Phi) is 4.31. The number of hydrogen-bond donors (Lipinski definition) is 0. The second-order valence-electron chi connectivity index (χ2n) is 2.87. The van der Waals surface area contributed by atoms with Gasteiger partial charge in [0.15, 0.2) is 5.78 Å². The van der Waals surface area contributed by atoms with E-state index in [4.69, 9.17) is 0 Å². The fraction of sp³-hybridized carbons (Fsp3) is 0.200. The molecule has 1 aromatic carbocycles. The number of hydrogen-bond acceptors (Lipinski definition) is 2. The third kappa shape index (κ3) is 3.65. The summed E-state index contributed by atoms with van der Waals surface area (Å²) < 4.78 is 24.7. The van der Waals surface area contributed by atoms with Gasteiger partial charge in [-0.2, -0.15) is 0 Å². The van der Waals surface area contributed by atoms with Crippen molar-refractivity contribution in [3.63, 3.8) is 0 Å². The van der Waals surface area contributed by atoms with Crippen LogP contribution in [0.5, 0.6) is 0 Å². The summed E-state index contributed by atoms with van der Waals surface area (Å²) in [5, 5.41) is 0. The van der Waals surface area contributed by atoms with E-state index < -0.39 is 24.4 Å². The van der Waals surface area contributed by atoms with Crippen LogP contribution in [-0.4, -0.2) is 18.0 Å². The first-order chi connectivity index (χ1) is 7.00. The van der Waals surface area contributed by atoms with E-state index in [0.29, 0.717) is 0 Å². The first kappa shape index (κ1) is 12.2. The Morgan fingerprint density at radius 1 is 1.20 bits per heavy atom. The summed E-state index contributed by atoms with van der Waals surface area (Å²) in [5.41, 5.74) is 0.282. The Morgan fingerprint density at radius 2 is 1.73 bits per heavy atom. The Morgan fingerprint density at radius 3 is 2.20 bits per heavy atom. The van der Waals surface area contributed by atoms with Crippen LogP contribution in [0.4, 0.5) is 8.78 Å². The zero-order valence-corrected chi connectivity index (χ0v) is 9.70. The SMILES string of the molecule is O=C(CC(=O)C(F)F)c1ccc(I)cc1. The van der Waals surface area contributed by atoms with Crippen LogP contribution in [-0.2, 0) is 4.79 Å². The molecule has 0 bridgehead atoms. The fourth-order valence-corrected chi connectivity index (χ4v) is 1.33. The number of ketones is 2. The summed E-state index contributed by atoms with van der Waals surface area (Å²) in [7, 11) is 0. The molecular formula is C10H7F2IO2. The van der Waals surface area contributed by atoms with E-state index in [2.05, 4.69) is 22.6 Å². The van der Waals surface area contributed by atoms with Crippen molar-refractivity contribution in [2.75, 3.05) is 0 Å². The second kappa shape index (κ2) is 5.29. The highest BCUT2D eigenvalue weighted by Crippen LogP contribution is 2.10. The van der Waals surface area contributed by atoms with Crippen LogP contribution in [0.1, 0.15) is 16.8 Å². The molecule has 5 heteroatoms. The lowest BCUT2D eigenvalue weighted by Crippen LogP contribution is -2.15. The van der Waals surface area contributed by atoms with Crippen LogP contribution in [0.25, 0.3) is 0 Å². The molecule has 0 aromatic heterocycles. The van der Waals surface area contributed by atoms with Gasteiger partial charge in [-0.05, 0) is 34.7 Å². The Bertz CT molecular complexity index is 374. The molecule has 0 aliphatic heterocycles. The Labute approximate surface area is 98.8 Å². The second-order valence-corrected chi connectivity index (χ2v) is 4.12. The van der Waals surface area contributed by atoms with Gasteiger partial charge in [0.1, 0.15) is 0 Å². The van der Waals surface area contributed by atoms with Crippen LogP contribution >= 0.6 is 22.6 Å². The molecule has 2 nitrogen and oxygen atoms in total. The lowest BCUT2D eigenvalue weighted by molar-refractivity contribution is -0.128. The summed E-state index contributed by atoms with van der Waals surface area (Å²) in [6.45, 7) is 0. The van der Waals surface area contributed by atoms with Crippen molar-refractivity contribution < 1.29 is 18.4 Å². The highest BCUT2D eigenvalue weighted by atomic mass is 127. The average molecular weight is 324 g/mol. The molecule has 0 aliphatic carbocycles. The Hall–Kier alpha value is -0.850. The first-order valence-electron chi connectivity index (χ1n) is 4.10. The zero-order valence-electron chi connectivity index (χ0n) is 7.54. The van der Waals surface area contributed by atoms with Crippen LogP contribution in [0.15, 0.2) is 24.3 Å². The topological polar surface area (TPSA) is 34.1 Å². The smallest absolute Gasteiger partial charge is 0.294 e. The lowest BCUT2D eigenvalue weighted by atomic mass is 10.1. The van der Waals surface area contributed by atoms with Crippen molar-refractivity contribution in [1.82, 2.24) is 0 Å². The van der Waals surface area contributed by atoms with Gasteiger partial charge < -0.3 is 0 Å². The van der Waals surface area contributed by atoms with E-state index in [-0.39, 0.29) is 5.56 Å². The quantitative estimate of drug-likeness (QED) is 0.485. The summed E-state index contributed by atoms with van der Waals surface area (Å²) in [5.74, 6) is -1.91. The van der Waals surface area contributed by atoms with Crippen molar-refractivity contribution >= 4 is 34.2 Å². The molecular weight excluding hydrogens is 317 g/mol. The minimum atomic E-state index is -3.07. The third-order valence-corrected chi connectivity index (χ3v) is 2.46. The predicted molar refractivity (Wildman–Crippen MR) is 59.1 cm³/mol. The standard InChI is InChI=1S/C10H7F2IO2/c11-10(12)9(15)5-8(14)6-1-3-7(13)4-2-6/h1-4,10H,5H2. The predicted octanol–water partition coefficient (Wildman–Crippen LogP) is 2.70. The van der Waals surface area contributed by atoms with Gasteiger partial charge in [0.25, 0.3) is 6.43 Å². The number of rotatable bonds is 4. The van der Waals surface area contributed by atoms with Gasteiger partial charge >= 0.3 is 0 Å². The Balaban J connectivity index is 2.69. The lowest BCUT2D eigenvalue weighted by Gasteiger charge is -2.00. The number of alkyl halides is 2. The van der Waals surface area contributed by atoms with Crippen molar-refractivity contribution in [2.24, 2.45) is 0 Å². The molecule has 0 saturated heterocycles. The van der Waals surface area contributed by atoms with Crippen molar-refractivity contribution in [3.05, 3.63) is 33.4 Å². The molecule has 0 amide bonds. The average Bonchev–Trinajstić information content (AvgIpc) is 2.18. The first-order valence-corrected chi connectivity index (χ1v) is 5.18. The maximum Gasteiger partial charge on any atom is 0.296 e. The fourth-order valence-electron chi connectivity index (χ4n) is 0.973. The molecule has 0 heterocycles. The summed E-state index contributed by atoms with van der Waals surface area (Å²) in [6, 6.07) is 6.40. The number of halogens is 3. The number of carbonyl (C=O) groups is 2. The molecule has 0 aliphatic rings. The highest BCUT2D eigenvalue weighted by molar-refractivity contribution is 14.1. The molecule has 0 N–H and O–H groups in total. The molecule has 80 valence electrons. The molecule has 0 radical (unpaired) electrons. The van der Waals surface area contributed by atoms with E-state index >= 15 is 0 Å². The van der Waals surface area contributed by atoms with Gasteiger partial charge in [-0.25, -0.2) is 8.78 Å². The monoisotopic (exact) mass is 324 g/mol. The summed E-state index contributed by atoms with van der Waals surface area (Å²) in [6.07, 6.45) is -3.81. The molecule has 0 fully saturated rings. The molecule has 0 unspecified atom stereocenters. The number of benzene rings is 1. The minimum Gasteiger partial charge on any atom is -0.294 e. The van der Waals surface area contributed by atoms with Crippen LogP contribution < -0.4 is 0 Å². The van der Waals surface area contributed by atoms with Crippen molar-refractivity contribution in [1.29, 1.82) is 0 Å². The van der Waals surface area contributed by atoms with E-state index in [0.717, 1.165) is 3.57 Å². The van der Waals surface area contributed by atoms with E-state index in [1.165, 1.54) is 12.1 Å². The maximum atomic E-state index is 11.9. The van der Waals surface area contributed by atoms with Gasteiger partial charge in [-0.1, -0.05) is 12.1 Å². The van der Waals surface area contributed by atoms with Crippen LogP contribution in [0.3, 0.4) is 0 Å². The van der Waals surface area contributed by atoms with E-state index in [1.54, 1.807) is 12.1 Å². The largest absolute Gasteiger partial charge is 0.296 e. The van der Waals surface area contributed by atoms with Crippen LogP contribution in [0.2, 0.25) is 0 Å². The molecule has 15 heavy (non-hydrogen) atoms. The molecule has 1 aromatic rings. The van der Waals surface area contributed by atoms with Gasteiger partial charge in [-0.3, -0.25) is 9.59 Å².